The van der Waals surface area contributed by atoms with Crippen molar-refractivity contribution in [2.75, 3.05) is 6.54 Å². The molecule has 1 aromatic carbocycles. The fourth-order valence-electron chi connectivity index (χ4n) is 1.82. The maximum absolute atomic E-state index is 6.00. The predicted molar refractivity (Wildman–Crippen MR) is 73.7 cm³/mol. The Morgan fingerprint density at radius 3 is 2.53 bits per heavy atom. The molecule has 2 unspecified atom stereocenters. The molecule has 0 saturated carbocycles. The van der Waals surface area contributed by atoms with E-state index in [1.165, 1.54) is 11.1 Å². The second-order valence-corrected chi connectivity index (χ2v) is 4.66. The largest absolute Gasteiger partial charge is 0.490 e. The van der Waals surface area contributed by atoms with Crippen LogP contribution in [0.2, 0.25) is 0 Å². The average Bonchev–Trinajstić information content (AvgIpc) is 2.29. The van der Waals surface area contributed by atoms with Gasteiger partial charge in [0.25, 0.3) is 0 Å². The first-order valence-electron chi connectivity index (χ1n) is 6.59. The third kappa shape index (κ3) is 4.04. The van der Waals surface area contributed by atoms with Crippen molar-refractivity contribution in [3.05, 3.63) is 29.3 Å². The Labute approximate surface area is 105 Å². The molecule has 1 aromatic rings. The van der Waals surface area contributed by atoms with Gasteiger partial charge in [0, 0.05) is 11.6 Å². The Bertz CT molecular complexity index is 349. The van der Waals surface area contributed by atoms with E-state index in [1.807, 2.05) is 0 Å². The summed E-state index contributed by atoms with van der Waals surface area (Å²) in [5.41, 5.74) is 2.49. The van der Waals surface area contributed by atoms with Gasteiger partial charge in [0.05, 0.1) is 6.10 Å². The first-order chi connectivity index (χ1) is 8.08. The molecule has 0 saturated heterocycles. The van der Waals surface area contributed by atoms with Crippen LogP contribution in [0.15, 0.2) is 18.2 Å². The van der Waals surface area contributed by atoms with Gasteiger partial charge in [0.15, 0.2) is 0 Å². The van der Waals surface area contributed by atoms with Crippen molar-refractivity contribution in [1.29, 1.82) is 0 Å². The fraction of sp³-hybridized carbons (Fsp3) is 0.600. The van der Waals surface area contributed by atoms with Crippen molar-refractivity contribution in [3.8, 4) is 5.75 Å². The highest BCUT2D eigenvalue weighted by molar-refractivity contribution is 5.39. The number of nitrogens with one attached hydrogen (secondary N) is 1. The Hall–Kier alpha value is -1.02. The normalized spacial score (nSPS) is 14.4. The predicted octanol–water partition coefficient (Wildman–Crippen LogP) is 3.84. The molecule has 0 bridgehead atoms. The summed E-state index contributed by atoms with van der Waals surface area (Å²) < 4.78 is 6.00. The Kier molecular flexibility index (Phi) is 5.49. The van der Waals surface area contributed by atoms with E-state index in [4.69, 9.17) is 4.74 Å². The van der Waals surface area contributed by atoms with E-state index in [2.05, 4.69) is 58.1 Å². The molecule has 1 rings (SSSR count). The van der Waals surface area contributed by atoms with E-state index in [1.54, 1.807) is 0 Å². The van der Waals surface area contributed by atoms with Gasteiger partial charge in [0.2, 0.25) is 0 Å². The molecule has 0 aliphatic carbocycles. The van der Waals surface area contributed by atoms with Crippen LogP contribution < -0.4 is 10.1 Å². The standard InChI is InChI=1S/C15H25NO/c1-6-12(4)17-15-10-11(3)8-9-14(15)13(5)16-7-2/h8-10,12-13,16H,6-7H2,1-5H3. The molecule has 96 valence electrons. The van der Waals surface area contributed by atoms with Crippen LogP contribution in [-0.4, -0.2) is 12.6 Å². The molecular formula is C15H25NO. The van der Waals surface area contributed by atoms with Crippen LogP contribution in [0.4, 0.5) is 0 Å². The van der Waals surface area contributed by atoms with Gasteiger partial charge in [-0.2, -0.15) is 0 Å². The quantitative estimate of drug-likeness (QED) is 0.809. The fourth-order valence-corrected chi connectivity index (χ4v) is 1.82. The van der Waals surface area contributed by atoms with Gasteiger partial charge in [-0.05, 0) is 45.4 Å². The van der Waals surface area contributed by atoms with Gasteiger partial charge in [-0.1, -0.05) is 26.0 Å². The van der Waals surface area contributed by atoms with Crippen molar-refractivity contribution in [3.63, 3.8) is 0 Å². The molecule has 2 atom stereocenters. The second kappa shape index (κ2) is 6.65. The number of rotatable bonds is 6. The smallest absolute Gasteiger partial charge is 0.124 e. The van der Waals surface area contributed by atoms with Gasteiger partial charge in [-0.3, -0.25) is 0 Å². The zero-order valence-electron chi connectivity index (χ0n) is 11.7. The second-order valence-electron chi connectivity index (χ2n) is 4.66. The van der Waals surface area contributed by atoms with Crippen LogP contribution in [0.3, 0.4) is 0 Å². The number of ether oxygens (including phenoxy) is 1. The highest BCUT2D eigenvalue weighted by atomic mass is 16.5. The number of hydrogen-bond acceptors (Lipinski definition) is 2. The molecule has 0 amide bonds. The molecule has 2 nitrogen and oxygen atoms in total. The third-order valence-electron chi connectivity index (χ3n) is 3.05. The van der Waals surface area contributed by atoms with E-state index >= 15 is 0 Å². The Balaban J connectivity index is 2.94. The van der Waals surface area contributed by atoms with E-state index in [9.17, 15) is 0 Å². The maximum atomic E-state index is 6.00. The summed E-state index contributed by atoms with van der Waals surface area (Å²) in [7, 11) is 0. The minimum atomic E-state index is 0.268. The van der Waals surface area contributed by atoms with Gasteiger partial charge in [-0.15, -0.1) is 0 Å². The van der Waals surface area contributed by atoms with Crippen molar-refractivity contribution in [2.24, 2.45) is 0 Å². The lowest BCUT2D eigenvalue weighted by molar-refractivity contribution is 0.213. The van der Waals surface area contributed by atoms with E-state index in [-0.39, 0.29) is 6.10 Å². The molecule has 0 fully saturated rings. The van der Waals surface area contributed by atoms with Crippen molar-refractivity contribution < 1.29 is 4.74 Å². The lowest BCUT2D eigenvalue weighted by Crippen LogP contribution is -2.20. The zero-order valence-corrected chi connectivity index (χ0v) is 11.7. The molecule has 0 aromatic heterocycles. The van der Waals surface area contributed by atoms with E-state index in [0.29, 0.717) is 6.04 Å². The summed E-state index contributed by atoms with van der Waals surface area (Å²) >= 11 is 0. The molecular weight excluding hydrogens is 210 g/mol. The van der Waals surface area contributed by atoms with Crippen molar-refractivity contribution in [2.45, 2.75) is 53.2 Å². The van der Waals surface area contributed by atoms with Crippen LogP contribution in [0.1, 0.15) is 51.3 Å². The molecule has 0 radical (unpaired) electrons. The van der Waals surface area contributed by atoms with Crippen molar-refractivity contribution >= 4 is 0 Å². The van der Waals surface area contributed by atoms with Crippen LogP contribution in [-0.2, 0) is 0 Å². The lowest BCUT2D eigenvalue weighted by Gasteiger charge is -2.21. The summed E-state index contributed by atoms with van der Waals surface area (Å²) in [5.74, 6) is 1.02. The molecule has 17 heavy (non-hydrogen) atoms. The van der Waals surface area contributed by atoms with Gasteiger partial charge in [-0.25, -0.2) is 0 Å². The minimum Gasteiger partial charge on any atom is -0.490 e. The Morgan fingerprint density at radius 2 is 1.94 bits per heavy atom. The molecule has 0 aliphatic rings. The van der Waals surface area contributed by atoms with Crippen LogP contribution in [0.5, 0.6) is 5.75 Å². The topological polar surface area (TPSA) is 21.3 Å². The van der Waals surface area contributed by atoms with Gasteiger partial charge >= 0.3 is 0 Å². The summed E-state index contributed by atoms with van der Waals surface area (Å²) in [6, 6.07) is 6.78. The molecule has 2 heteroatoms. The first kappa shape index (κ1) is 14.0. The average molecular weight is 235 g/mol. The van der Waals surface area contributed by atoms with Crippen molar-refractivity contribution in [1.82, 2.24) is 5.32 Å². The molecule has 0 heterocycles. The number of hydrogen-bond donors (Lipinski definition) is 1. The minimum absolute atomic E-state index is 0.268. The maximum Gasteiger partial charge on any atom is 0.124 e. The monoisotopic (exact) mass is 235 g/mol. The van der Waals surface area contributed by atoms with E-state index < -0.39 is 0 Å². The highest BCUT2D eigenvalue weighted by Gasteiger charge is 2.12. The molecule has 0 aliphatic heterocycles. The molecule has 0 spiro atoms. The van der Waals surface area contributed by atoms with Gasteiger partial charge < -0.3 is 10.1 Å². The SMILES string of the molecule is CCNC(C)c1ccc(C)cc1OC(C)CC. The number of benzene rings is 1. The number of aryl methyl sites for hydroxylation is 1. The van der Waals surface area contributed by atoms with Crippen LogP contribution in [0, 0.1) is 6.92 Å². The summed E-state index contributed by atoms with van der Waals surface area (Å²) in [4.78, 5) is 0. The summed E-state index contributed by atoms with van der Waals surface area (Å²) in [6.45, 7) is 11.6. The van der Waals surface area contributed by atoms with Gasteiger partial charge in [0.1, 0.15) is 5.75 Å². The Morgan fingerprint density at radius 1 is 1.24 bits per heavy atom. The van der Waals surface area contributed by atoms with Crippen LogP contribution in [0.25, 0.3) is 0 Å². The first-order valence-corrected chi connectivity index (χ1v) is 6.59. The zero-order chi connectivity index (χ0) is 12.8. The lowest BCUT2D eigenvalue weighted by atomic mass is 10.0. The summed E-state index contributed by atoms with van der Waals surface area (Å²) in [5, 5.41) is 3.43. The highest BCUT2D eigenvalue weighted by Crippen LogP contribution is 2.27. The third-order valence-corrected chi connectivity index (χ3v) is 3.05. The summed E-state index contributed by atoms with van der Waals surface area (Å²) in [6.07, 6.45) is 1.30. The van der Waals surface area contributed by atoms with Crippen LogP contribution >= 0.6 is 0 Å². The van der Waals surface area contributed by atoms with E-state index in [0.717, 1.165) is 18.7 Å². The molecule has 1 N–H and O–H groups in total.